The van der Waals surface area contributed by atoms with E-state index in [4.69, 9.17) is 5.14 Å². The molecular formula is C10H12FNO2S. The third-order valence-corrected chi connectivity index (χ3v) is 3.97. The van der Waals surface area contributed by atoms with Crippen LogP contribution in [0.15, 0.2) is 24.3 Å². The predicted octanol–water partition coefficient (Wildman–Crippen LogP) is 1.57. The second-order valence-electron chi connectivity index (χ2n) is 3.90. The molecule has 82 valence electrons. The average Bonchev–Trinajstić information content (AvgIpc) is 2.90. The maximum atomic E-state index is 12.7. The number of rotatable bonds is 3. The van der Waals surface area contributed by atoms with Gasteiger partial charge < -0.3 is 0 Å². The summed E-state index contributed by atoms with van der Waals surface area (Å²) in [6, 6.07) is 5.50. The number of halogens is 1. The largest absolute Gasteiger partial charge is 0.228 e. The van der Waals surface area contributed by atoms with Crippen molar-refractivity contribution in [2.24, 2.45) is 11.1 Å². The fraction of sp³-hybridized carbons (Fsp3) is 0.400. The SMILES string of the molecule is NS(=O)(=O)C(c1ccc(F)cc1)C1CC1. The van der Waals surface area contributed by atoms with Crippen LogP contribution in [0.5, 0.6) is 0 Å². The zero-order chi connectivity index (χ0) is 11.1. The molecule has 5 heteroatoms. The van der Waals surface area contributed by atoms with Crippen molar-refractivity contribution in [1.29, 1.82) is 0 Å². The summed E-state index contributed by atoms with van der Waals surface area (Å²) in [6.45, 7) is 0. The molecular weight excluding hydrogens is 217 g/mol. The van der Waals surface area contributed by atoms with E-state index in [1.165, 1.54) is 24.3 Å². The maximum absolute atomic E-state index is 12.7. The normalized spacial score (nSPS) is 18.8. The van der Waals surface area contributed by atoms with Crippen LogP contribution in [-0.4, -0.2) is 8.42 Å². The summed E-state index contributed by atoms with van der Waals surface area (Å²) in [5.41, 5.74) is 0.585. The molecule has 0 amide bonds. The van der Waals surface area contributed by atoms with E-state index < -0.39 is 15.3 Å². The summed E-state index contributed by atoms with van der Waals surface area (Å²) in [5.74, 6) is -0.270. The Balaban J connectivity index is 2.37. The number of hydrogen-bond acceptors (Lipinski definition) is 2. The first-order chi connectivity index (χ1) is 6.98. The van der Waals surface area contributed by atoms with Crippen molar-refractivity contribution in [1.82, 2.24) is 0 Å². The summed E-state index contributed by atoms with van der Waals surface area (Å²) >= 11 is 0. The molecule has 1 fully saturated rings. The fourth-order valence-electron chi connectivity index (χ4n) is 1.78. The second-order valence-corrected chi connectivity index (χ2v) is 5.58. The molecule has 1 aliphatic rings. The lowest BCUT2D eigenvalue weighted by atomic mass is 10.1. The van der Waals surface area contributed by atoms with E-state index in [1.54, 1.807) is 0 Å². The Kier molecular flexibility index (Phi) is 2.52. The zero-order valence-electron chi connectivity index (χ0n) is 8.06. The Morgan fingerprint density at radius 1 is 1.27 bits per heavy atom. The van der Waals surface area contributed by atoms with E-state index in [9.17, 15) is 12.8 Å². The van der Waals surface area contributed by atoms with Crippen molar-refractivity contribution in [2.45, 2.75) is 18.1 Å². The number of primary sulfonamides is 1. The van der Waals surface area contributed by atoms with Gasteiger partial charge in [-0.1, -0.05) is 12.1 Å². The molecule has 0 saturated heterocycles. The summed E-state index contributed by atoms with van der Waals surface area (Å²) in [5, 5.41) is 4.50. The number of sulfonamides is 1. The molecule has 3 nitrogen and oxygen atoms in total. The Labute approximate surface area is 88.2 Å². The van der Waals surface area contributed by atoms with Crippen LogP contribution in [0.4, 0.5) is 4.39 Å². The van der Waals surface area contributed by atoms with E-state index in [-0.39, 0.29) is 11.7 Å². The number of hydrogen-bond donors (Lipinski definition) is 1. The van der Waals surface area contributed by atoms with Gasteiger partial charge in [0.1, 0.15) is 11.1 Å². The van der Waals surface area contributed by atoms with Gasteiger partial charge in [0.15, 0.2) is 0 Å². The molecule has 0 spiro atoms. The lowest BCUT2D eigenvalue weighted by Crippen LogP contribution is -2.23. The van der Waals surface area contributed by atoms with Gasteiger partial charge in [0.05, 0.1) is 0 Å². The predicted molar refractivity (Wildman–Crippen MR) is 55.0 cm³/mol. The van der Waals surface area contributed by atoms with E-state index in [1.807, 2.05) is 0 Å². The number of benzene rings is 1. The standard InChI is InChI=1S/C10H12FNO2S/c11-9-5-3-8(4-6-9)10(7-1-2-7)15(12,13)14/h3-7,10H,1-2H2,(H2,12,13,14). The second kappa shape index (κ2) is 3.57. The molecule has 1 aromatic rings. The first-order valence-corrected chi connectivity index (χ1v) is 6.36. The van der Waals surface area contributed by atoms with Gasteiger partial charge in [0, 0.05) is 0 Å². The van der Waals surface area contributed by atoms with Crippen molar-refractivity contribution >= 4 is 10.0 Å². The van der Waals surface area contributed by atoms with E-state index in [0.717, 1.165) is 12.8 Å². The molecule has 0 bridgehead atoms. The maximum Gasteiger partial charge on any atom is 0.216 e. The van der Waals surface area contributed by atoms with Crippen molar-refractivity contribution < 1.29 is 12.8 Å². The molecule has 15 heavy (non-hydrogen) atoms. The van der Waals surface area contributed by atoms with Crippen LogP contribution >= 0.6 is 0 Å². The first-order valence-electron chi connectivity index (χ1n) is 4.75. The molecule has 2 rings (SSSR count). The van der Waals surface area contributed by atoms with E-state index in [2.05, 4.69) is 0 Å². The van der Waals surface area contributed by atoms with Crippen LogP contribution in [0.1, 0.15) is 23.7 Å². The van der Waals surface area contributed by atoms with Crippen LogP contribution in [0, 0.1) is 11.7 Å². The van der Waals surface area contributed by atoms with Gasteiger partial charge >= 0.3 is 0 Å². The molecule has 0 aliphatic heterocycles. The van der Waals surface area contributed by atoms with Gasteiger partial charge in [-0.2, -0.15) is 0 Å². The van der Waals surface area contributed by atoms with Gasteiger partial charge in [-0.15, -0.1) is 0 Å². The zero-order valence-corrected chi connectivity index (χ0v) is 8.87. The summed E-state index contributed by atoms with van der Waals surface area (Å²) in [4.78, 5) is 0. The molecule has 2 N–H and O–H groups in total. The van der Waals surface area contributed by atoms with Gasteiger partial charge in [-0.25, -0.2) is 17.9 Å². The lowest BCUT2D eigenvalue weighted by molar-refractivity contribution is 0.572. The molecule has 0 heterocycles. The van der Waals surface area contributed by atoms with Gasteiger partial charge in [0.2, 0.25) is 10.0 Å². The van der Waals surface area contributed by atoms with Crippen molar-refractivity contribution in [2.75, 3.05) is 0 Å². The molecule has 1 aliphatic carbocycles. The van der Waals surface area contributed by atoms with Crippen molar-refractivity contribution in [3.8, 4) is 0 Å². The molecule has 0 aromatic heterocycles. The topological polar surface area (TPSA) is 60.2 Å². The number of nitrogens with two attached hydrogens (primary N) is 1. The highest BCUT2D eigenvalue weighted by atomic mass is 32.2. The van der Waals surface area contributed by atoms with Gasteiger partial charge in [-0.3, -0.25) is 0 Å². The van der Waals surface area contributed by atoms with E-state index >= 15 is 0 Å². The minimum Gasteiger partial charge on any atom is -0.228 e. The minimum absolute atomic E-state index is 0.102. The monoisotopic (exact) mass is 229 g/mol. The van der Waals surface area contributed by atoms with Gasteiger partial charge in [0.25, 0.3) is 0 Å². The van der Waals surface area contributed by atoms with Crippen LogP contribution < -0.4 is 5.14 Å². The van der Waals surface area contributed by atoms with Crippen LogP contribution in [0.3, 0.4) is 0 Å². The molecule has 0 radical (unpaired) electrons. The highest BCUT2D eigenvalue weighted by Gasteiger charge is 2.39. The van der Waals surface area contributed by atoms with Crippen molar-refractivity contribution in [3.05, 3.63) is 35.6 Å². The third-order valence-electron chi connectivity index (χ3n) is 2.60. The Morgan fingerprint density at radius 3 is 2.20 bits per heavy atom. The molecule has 1 saturated carbocycles. The minimum atomic E-state index is -3.59. The van der Waals surface area contributed by atoms with Crippen LogP contribution in [0.25, 0.3) is 0 Å². The molecule has 1 aromatic carbocycles. The van der Waals surface area contributed by atoms with Crippen LogP contribution in [0.2, 0.25) is 0 Å². The highest BCUT2D eigenvalue weighted by Crippen LogP contribution is 2.44. The van der Waals surface area contributed by atoms with E-state index in [0.29, 0.717) is 5.56 Å². The first kappa shape index (κ1) is 10.6. The molecule has 1 unspecified atom stereocenters. The molecule has 1 atom stereocenters. The quantitative estimate of drug-likeness (QED) is 0.855. The average molecular weight is 229 g/mol. The van der Waals surface area contributed by atoms with Crippen molar-refractivity contribution in [3.63, 3.8) is 0 Å². The van der Waals surface area contributed by atoms with Crippen LogP contribution in [-0.2, 0) is 10.0 Å². The lowest BCUT2D eigenvalue weighted by Gasteiger charge is -2.13. The van der Waals surface area contributed by atoms with Gasteiger partial charge in [-0.05, 0) is 36.5 Å². The smallest absolute Gasteiger partial charge is 0.216 e. The summed E-state index contributed by atoms with van der Waals surface area (Å²) in [7, 11) is -3.59. The Bertz CT molecular complexity index is 451. The Hall–Kier alpha value is -0.940. The fourth-order valence-corrected chi connectivity index (χ4v) is 3.13. The third kappa shape index (κ3) is 2.35. The Morgan fingerprint density at radius 2 is 1.80 bits per heavy atom. The highest BCUT2D eigenvalue weighted by molar-refractivity contribution is 7.89. The summed E-state index contributed by atoms with van der Waals surface area (Å²) in [6.07, 6.45) is 1.75. The summed E-state index contributed by atoms with van der Waals surface area (Å²) < 4.78 is 35.4.